The van der Waals surface area contributed by atoms with Crippen molar-refractivity contribution in [3.63, 3.8) is 0 Å². The topological polar surface area (TPSA) is 76.8 Å². The summed E-state index contributed by atoms with van der Waals surface area (Å²) in [5.74, 6) is 0.774. The molecule has 25 heavy (non-hydrogen) atoms. The highest BCUT2D eigenvalue weighted by molar-refractivity contribution is 5.75. The van der Waals surface area contributed by atoms with Gasteiger partial charge in [0.25, 0.3) is 0 Å². The van der Waals surface area contributed by atoms with Gasteiger partial charge >= 0.3 is 6.03 Å². The van der Waals surface area contributed by atoms with Crippen LogP contribution in [0.1, 0.15) is 36.0 Å². The molecule has 2 heterocycles. The lowest BCUT2D eigenvalue weighted by Crippen LogP contribution is -2.40. The lowest BCUT2D eigenvalue weighted by molar-refractivity contribution is 0.235. The van der Waals surface area contributed by atoms with Crippen molar-refractivity contribution in [2.45, 2.75) is 19.0 Å². The minimum atomic E-state index is -0.331. The second kappa shape index (κ2) is 7.21. The molecule has 0 unspecified atom stereocenters. The maximum Gasteiger partial charge on any atom is 0.316 e. The number of hydrogen-bond acceptors (Lipinski definition) is 3. The van der Waals surface area contributed by atoms with E-state index >= 15 is 0 Å². The van der Waals surface area contributed by atoms with E-state index in [2.05, 4.69) is 20.7 Å². The first-order valence-corrected chi connectivity index (χ1v) is 8.12. The van der Waals surface area contributed by atoms with Crippen LogP contribution in [0.4, 0.5) is 4.79 Å². The van der Waals surface area contributed by atoms with Gasteiger partial charge in [0.2, 0.25) is 0 Å². The molecule has 0 radical (unpaired) electrons. The van der Waals surface area contributed by atoms with E-state index in [1.54, 1.807) is 17.1 Å². The fourth-order valence-electron chi connectivity index (χ4n) is 2.71. The molecule has 2 atom stereocenters. The maximum absolute atomic E-state index is 12.5. The number of amides is 2. The number of imidazole rings is 1. The fraction of sp³-hybridized carbons (Fsp3) is 0.278. The predicted octanol–water partition coefficient (Wildman–Crippen LogP) is 2.30. The van der Waals surface area contributed by atoms with Gasteiger partial charge in [-0.05, 0) is 12.5 Å². The van der Waals surface area contributed by atoms with Gasteiger partial charge in [-0.2, -0.15) is 5.10 Å². The Hall–Kier alpha value is -3.09. The Morgan fingerprint density at radius 1 is 1.12 bits per heavy atom. The summed E-state index contributed by atoms with van der Waals surface area (Å²) in [7, 11) is 3.76. The van der Waals surface area contributed by atoms with Gasteiger partial charge in [-0.15, -0.1) is 0 Å². The quantitative estimate of drug-likeness (QED) is 0.749. The molecule has 0 saturated heterocycles. The standard InChI is InChI=1S/C18H22N6O/c1-13(15-11-20-24(3)12-15)21-18(25)22-16(14-7-5-4-6-8-14)17-19-9-10-23(17)2/h4-13,16H,1-3H3,(H2,21,22,25)/t13-,16-/m0/s1. The van der Waals surface area contributed by atoms with Crippen molar-refractivity contribution in [3.05, 3.63) is 72.1 Å². The number of rotatable bonds is 5. The average Bonchev–Trinajstić information content (AvgIpc) is 3.22. The zero-order valence-corrected chi connectivity index (χ0v) is 14.5. The summed E-state index contributed by atoms with van der Waals surface area (Å²) in [6, 6.07) is 9.06. The minimum Gasteiger partial charge on any atom is -0.336 e. The van der Waals surface area contributed by atoms with E-state index in [0.717, 1.165) is 17.0 Å². The van der Waals surface area contributed by atoms with E-state index in [4.69, 9.17) is 0 Å². The number of aryl methyl sites for hydroxylation is 2. The number of carbonyl (C=O) groups is 1. The van der Waals surface area contributed by atoms with Gasteiger partial charge in [-0.1, -0.05) is 30.3 Å². The summed E-state index contributed by atoms with van der Waals surface area (Å²) >= 11 is 0. The minimum absolute atomic E-state index is 0.147. The number of hydrogen-bond donors (Lipinski definition) is 2. The van der Waals surface area contributed by atoms with Gasteiger partial charge in [0.15, 0.2) is 0 Å². The third-order valence-corrected chi connectivity index (χ3v) is 4.10. The van der Waals surface area contributed by atoms with E-state index in [1.165, 1.54) is 0 Å². The number of urea groups is 1. The highest BCUT2D eigenvalue weighted by Crippen LogP contribution is 2.20. The van der Waals surface area contributed by atoms with Gasteiger partial charge in [0.1, 0.15) is 11.9 Å². The molecule has 2 amide bonds. The molecule has 0 saturated carbocycles. The fourth-order valence-corrected chi connectivity index (χ4v) is 2.71. The Morgan fingerprint density at radius 3 is 2.48 bits per heavy atom. The van der Waals surface area contributed by atoms with Crippen molar-refractivity contribution in [1.82, 2.24) is 30.0 Å². The summed E-state index contributed by atoms with van der Waals surface area (Å²) in [6.07, 6.45) is 7.23. The molecule has 0 aliphatic carbocycles. The molecular formula is C18H22N6O. The number of carbonyl (C=O) groups excluding carboxylic acids is 1. The Balaban J connectivity index is 1.76. The van der Waals surface area contributed by atoms with E-state index in [-0.39, 0.29) is 18.1 Å². The summed E-state index contributed by atoms with van der Waals surface area (Å²) in [6.45, 7) is 1.93. The number of benzene rings is 1. The first-order chi connectivity index (χ1) is 12.0. The van der Waals surface area contributed by atoms with Crippen LogP contribution in [0.25, 0.3) is 0 Å². The molecule has 7 heteroatoms. The molecule has 130 valence electrons. The first-order valence-electron chi connectivity index (χ1n) is 8.12. The Kier molecular flexibility index (Phi) is 4.83. The van der Waals surface area contributed by atoms with Gasteiger partial charge < -0.3 is 15.2 Å². The van der Waals surface area contributed by atoms with Crippen molar-refractivity contribution >= 4 is 6.03 Å². The molecule has 3 aromatic rings. The molecular weight excluding hydrogens is 316 g/mol. The lowest BCUT2D eigenvalue weighted by atomic mass is 10.1. The normalized spacial score (nSPS) is 13.2. The van der Waals surface area contributed by atoms with Crippen LogP contribution in [0.3, 0.4) is 0 Å². The molecule has 2 N–H and O–H groups in total. The van der Waals surface area contributed by atoms with Crippen LogP contribution in [0.5, 0.6) is 0 Å². The van der Waals surface area contributed by atoms with E-state index in [9.17, 15) is 4.79 Å². The summed E-state index contributed by atoms with van der Waals surface area (Å²) in [5, 5.41) is 10.1. The van der Waals surface area contributed by atoms with Crippen molar-refractivity contribution in [3.8, 4) is 0 Å². The molecule has 0 aliphatic rings. The lowest BCUT2D eigenvalue weighted by Gasteiger charge is -2.21. The van der Waals surface area contributed by atoms with Crippen LogP contribution < -0.4 is 10.6 Å². The van der Waals surface area contributed by atoms with Crippen LogP contribution in [-0.4, -0.2) is 25.4 Å². The Labute approximate surface area is 146 Å². The Bertz CT molecular complexity index is 838. The molecule has 3 rings (SSSR count). The monoisotopic (exact) mass is 338 g/mol. The van der Waals surface area contributed by atoms with Crippen molar-refractivity contribution in [1.29, 1.82) is 0 Å². The molecule has 0 fully saturated rings. The summed E-state index contributed by atoms with van der Waals surface area (Å²) in [5.41, 5.74) is 1.92. The number of nitrogens with one attached hydrogen (secondary N) is 2. The van der Waals surface area contributed by atoms with Crippen LogP contribution >= 0.6 is 0 Å². The first kappa shape index (κ1) is 16.8. The molecule has 0 bridgehead atoms. The number of aromatic nitrogens is 4. The number of nitrogens with zero attached hydrogens (tertiary/aromatic N) is 4. The Morgan fingerprint density at radius 2 is 1.88 bits per heavy atom. The average molecular weight is 338 g/mol. The van der Waals surface area contributed by atoms with Crippen LogP contribution in [0, 0.1) is 0 Å². The third kappa shape index (κ3) is 3.88. The van der Waals surface area contributed by atoms with Gasteiger partial charge in [0, 0.05) is 38.2 Å². The smallest absolute Gasteiger partial charge is 0.316 e. The van der Waals surface area contributed by atoms with Crippen molar-refractivity contribution in [2.24, 2.45) is 14.1 Å². The third-order valence-electron chi connectivity index (χ3n) is 4.10. The van der Waals surface area contributed by atoms with Crippen LogP contribution in [-0.2, 0) is 14.1 Å². The van der Waals surface area contributed by atoms with Gasteiger partial charge in [0.05, 0.1) is 12.2 Å². The van der Waals surface area contributed by atoms with Gasteiger partial charge in [-0.25, -0.2) is 9.78 Å². The molecule has 1 aromatic carbocycles. The predicted molar refractivity (Wildman–Crippen MR) is 94.8 cm³/mol. The second-order valence-electron chi connectivity index (χ2n) is 6.03. The molecule has 2 aromatic heterocycles. The van der Waals surface area contributed by atoms with Crippen molar-refractivity contribution in [2.75, 3.05) is 0 Å². The van der Waals surface area contributed by atoms with E-state index < -0.39 is 0 Å². The highest BCUT2D eigenvalue weighted by Gasteiger charge is 2.21. The maximum atomic E-state index is 12.5. The van der Waals surface area contributed by atoms with E-state index in [1.807, 2.05) is 68.3 Å². The SMILES string of the molecule is C[C@H](NC(=O)N[C@@H](c1ccccc1)c1nccn1C)c1cnn(C)c1. The highest BCUT2D eigenvalue weighted by atomic mass is 16.2. The van der Waals surface area contributed by atoms with Crippen LogP contribution in [0.15, 0.2) is 55.1 Å². The molecule has 0 spiro atoms. The van der Waals surface area contributed by atoms with E-state index in [0.29, 0.717) is 0 Å². The summed E-state index contributed by atoms with van der Waals surface area (Å²) in [4.78, 5) is 16.9. The molecule has 0 aliphatic heterocycles. The zero-order chi connectivity index (χ0) is 17.8. The second-order valence-corrected chi connectivity index (χ2v) is 6.03. The van der Waals surface area contributed by atoms with Crippen LogP contribution in [0.2, 0.25) is 0 Å². The molecule has 7 nitrogen and oxygen atoms in total. The summed E-state index contributed by atoms with van der Waals surface area (Å²) < 4.78 is 3.62. The largest absolute Gasteiger partial charge is 0.336 e. The zero-order valence-electron chi connectivity index (χ0n) is 14.5. The van der Waals surface area contributed by atoms with Gasteiger partial charge in [-0.3, -0.25) is 4.68 Å². The van der Waals surface area contributed by atoms with Crippen molar-refractivity contribution < 1.29 is 4.79 Å².